The summed E-state index contributed by atoms with van der Waals surface area (Å²) >= 11 is 0. The molecular weight excluding hydrogens is 556 g/mol. The highest BCUT2D eigenvalue weighted by atomic mass is 16.4. The minimum atomic E-state index is -0.919. The van der Waals surface area contributed by atoms with Crippen LogP contribution in [0.2, 0.25) is 0 Å². The van der Waals surface area contributed by atoms with Gasteiger partial charge < -0.3 is 15.7 Å². The van der Waals surface area contributed by atoms with Crippen molar-refractivity contribution < 1.29 is 14.7 Å². The zero-order chi connectivity index (χ0) is 32.9. The average Bonchev–Trinajstić information content (AvgIpc) is 3.03. The van der Waals surface area contributed by atoms with Crippen molar-refractivity contribution in [3.63, 3.8) is 0 Å². The van der Waals surface area contributed by atoms with E-state index in [0.29, 0.717) is 13.1 Å². The summed E-state index contributed by atoms with van der Waals surface area (Å²) in [6.45, 7) is 5.92. The highest BCUT2D eigenvalue weighted by Gasteiger charge is 2.20. The Balaban J connectivity index is 3.58. The molecule has 0 aromatic carbocycles. The van der Waals surface area contributed by atoms with Crippen molar-refractivity contribution in [1.82, 2.24) is 10.6 Å². The number of unbranched alkanes of at least 4 members (excludes halogenated alkanes) is 30. The molecule has 0 aliphatic heterocycles. The van der Waals surface area contributed by atoms with E-state index in [2.05, 4.69) is 24.5 Å². The Kier molecular flexibility index (Phi) is 36.4. The van der Waals surface area contributed by atoms with Crippen LogP contribution in [0.15, 0.2) is 0 Å². The van der Waals surface area contributed by atoms with Gasteiger partial charge in [0.15, 0.2) is 0 Å². The summed E-state index contributed by atoms with van der Waals surface area (Å²) < 4.78 is 0. The summed E-state index contributed by atoms with van der Waals surface area (Å²) in [5.74, 6) is -1.08. The summed E-state index contributed by atoms with van der Waals surface area (Å²) in [5.41, 5.74) is 0. The number of amides is 1. The average molecular weight is 637 g/mol. The molecule has 0 aromatic rings. The van der Waals surface area contributed by atoms with Crippen molar-refractivity contribution in [2.45, 2.75) is 232 Å². The van der Waals surface area contributed by atoms with E-state index in [0.717, 1.165) is 25.7 Å². The van der Waals surface area contributed by atoms with Crippen LogP contribution in [-0.4, -0.2) is 36.1 Å². The summed E-state index contributed by atoms with van der Waals surface area (Å²) in [4.78, 5) is 23.9. The molecule has 0 unspecified atom stereocenters. The van der Waals surface area contributed by atoms with Crippen molar-refractivity contribution in [3.05, 3.63) is 0 Å². The maximum Gasteiger partial charge on any atom is 0.305 e. The molecule has 5 nitrogen and oxygen atoms in total. The number of aliphatic carboxylic acids is 1. The molecule has 0 rings (SSSR count). The Morgan fingerprint density at radius 3 is 0.978 bits per heavy atom. The van der Waals surface area contributed by atoms with E-state index < -0.39 is 12.0 Å². The number of nitrogens with one attached hydrogen (secondary N) is 2. The van der Waals surface area contributed by atoms with Gasteiger partial charge in [0.25, 0.3) is 0 Å². The van der Waals surface area contributed by atoms with Crippen molar-refractivity contribution >= 4 is 11.9 Å². The Labute approximate surface area is 281 Å². The van der Waals surface area contributed by atoms with Gasteiger partial charge in [-0.3, -0.25) is 9.59 Å². The Morgan fingerprint density at radius 2 is 0.689 bits per heavy atom. The summed E-state index contributed by atoms with van der Waals surface area (Å²) in [6.07, 6.45) is 42.6. The topological polar surface area (TPSA) is 78.4 Å². The van der Waals surface area contributed by atoms with Crippen LogP contribution in [0.4, 0.5) is 0 Å². The van der Waals surface area contributed by atoms with Crippen LogP contribution in [-0.2, 0) is 9.59 Å². The van der Waals surface area contributed by atoms with E-state index >= 15 is 0 Å². The molecule has 0 aliphatic carbocycles. The van der Waals surface area contributed by atoms with E-state index in [-0.39, 0.29) is 12.3 Å². The van der Waals surface area contributed by atoms with Crippen LogP contribution >= 0.6 is 0 Å². The lowest BCUT2D eigenvalue weighted by Gasteiger charge is -2.17. The zero-order valence-electron chi connectivity index (χ0n) is 30.6. The standard InChI is InChI=1S/C40H80N2O3/c1-3-5-7-9-11-13-15-17-19-21-23-25-27-29-31-33-35-41-38(37-39(43)44)40(45)42-36-34-32-30-28-26-24-22-20-18-16-14-12-10-8-6-4-2/h38,41H,3-37H2,1-2H3,(H,42,45)(H,43,44)/t38-/m0/s1. The summed E-state index contributed by atoms with van der Waals surface area (Å²) in [7, 11) is 0. The van der Waals surface area contributed by atoms with Gasteiger partial charge in [-0.1, -0.05) is 206 Å². The molecule has 3 N–H and O–H groups in total. The number of carboxylic acid groups (broad SMARTS) is 1. The van der Waals surface area contributed by atoms with Crippen molar-refractivity contribution in [1.29, 1.82) is 0 Å². The second-order valence-electron chi connectivity index (χ2n) is 14.0. The first kappa shape index (κ1) is 43.9. The minimum absolute atomic E-state index is 0.149. The summed E-state index contributed by atoms with van der Waals surface area (Å²) in [6, 6.07) is -0.625. The lowest BCUT2D eigenvalue weighted by Crippen LogP contribution is -2.46. The van der Waals surface area contributed by atoms with Crippen LogP contribution in [0.1, 0.15) is 226 Å². The van der Waals surface area contributed by atoms with Gasteiger partial charge in [-0.2, -0.15) is 0 Å². The second-order valence-corrected chi connectivity index (χ2v) is 14.0. The van der Waals surface area contributed by atoms with Gasteiger partial charge in [-0.25, -0.2) is 0 Å². The normalized spacial score (nSPS) is 12.0. The molecule has 0 radical (unpaired) electrons. The van der Waals surface area contributed by atoms with Gasteiger partial charge in [-0.15, -0.1) is 0 Å². The molecular formula is C40H80N2O3. The van der Waals surface area contributed by atoms with Gasteiger partial charge in [0.05, 0.1) is 12.5 Å². The number of hydrogen-bond acceptors (Lipinski definition) is 3. The maximum absolute atomic E-state index is 12.6. The molecule has 268 valence electrons. The van der Waals surface area contributed by atoms with Gasteiger partial charge in [0, 0.05) is 6.54 Å². The number of carbonyl (C=O) groups excluding carboxylic acids is 1. The summed E-state index contributed by atoms with van der Waals surface area (Å²) in [5, 5.41) is 15.5. The first-order chi connectivity index (χ1) is 22.1. The predicted molar refractivity (Wildman–Crippen MR) is 196 cm³/mol. The first-order valence-electron chi connectivity index (χ1n) is 20.3. The third-order valence-corrected chi connectivity index (χ3v) is 9.45. The molecule has 0 fully saturated rings. The third kappa shape index (κ3) is 35.6. The number of carboxylic acids is 1. The van der Waals surface area contributed by atoms with Gasteiger partial charge in [0.2, 0.25) is 5.91 Å². The smallest absolute Gasteiger partial charge is 0.305 e. The maximum atomic E-state index is 12.6. The molecule has 0 bridgehead atoms. The second kappa shape index (κ2) is 37.4. The SMILES string of the molecule is CCCCCCCCCCCCCCCCCCNC(=O)[C@H](CC(=O)O)NCCCCCCCCCCCCCCCCCC. The Morgan fingerprint density at radius 1 is 0.422 bits per heavy atom. The molecule has 0 heterocycles. The van der Waals surface area contributed by atoms with E-state index in [4.69, 9.17) is 0 Å². The van der Waals surface area contributed by atoms with Crippen molar-refractivity contribution in [3.8, 4) is 0 Å². The molecule has 5 heteroatoms. The van der Waals surface area contributed by atoms with E-state index in [1.54, 1.807) is 0 Å². The third-order valence-electron chi connectivity index (χ3n) is 9.45. The fourth-order valence-corrected chi connectivity index (χ4v) is 6.39. The molecule has 0 aliphatic rings. The predicted octanol–water partition coefficient (Wildman–Crippen LogP) is 12.1. The van der Waals surface area contributed by atoms with Crippen LogP contribution < -0.4 is 10.6 Å². The van der Waals surface area contributed by atoms with Gasteiger partial charge in [0.1, 0.15) is 0 Å². The van der Waals surface area contributed by atoms with Crippen LogP contribution in [0.3, 0.4) is 0 Å². The number of carbonyl (C=O) groups is 2. The first-order valence-corrected chi connectivity index (χ1v) is 20.3. The fraction of sp³-hybridized carbons (Fsp3) is 0.950. The van der Waals surface area contributed by atoms with Crippen molar-refractivity contribution in [2.24, 2.45) is 0 Å². The molecule has 45 heavy (non-hydrogen) atoms. The van der Waals surface area contributed by atoms with Gasteiger partial charge >= 0.3 is 5.97 Å². The molecule has 1 amide bonds. The number of rotatable bonds is 38. The lowest BCUT2D eigenvalue weighted by molar-refractivity contribution is -0.140. The van der Waals surface area contributed by atoms with Crippen LogP contribution in [0.5, 0.6) is 0 Å². The fourth-order valence-electron chi connectivity index (χ4n) is 6.39. The van der Waals surface area contributed by atoms with Gasteiger partial charge in [-0.05, 0) is 19.4 Å². The van der Waals surface area contributed by atoms with Crippen LogP contribution in [0, 0.1) is 0 Å². The molecule has 0 spiro atoms. The monoisotopic (exact) mass is 637 g/mol. The van der Waals surface area contributed by atoms with E-state index in [1.807, 2.05) is 0 Å². The quantitative estimate of drug-likeness (QED) is 0.0589. The largest absolute Gasteiger partial charge is 0.481 e. The Hall–Kier alpha value is -1.10. The minimum Gasteiger partial charge on any atom is -0.481 e. The molecule has 0 saturated heterocycles. The highest BCUT2D eigenvalue weighted by molar-refractivity contribution is 5.86. The lowest BCUT2D eigenvalue weighted by atomic mass is 10.0. The van der Waals surface area contributed by atoms with Crippen molar-refractivity contribution in [2.75, 3.05) is 13.1 Å². The highest BCUT2D eigenvalue weighted by Crippen LogP contribution is 2.15. The molecule has 0 saturated carbocycles. The van der Waals surface area contributed by atoms with Crippen LogP contribution in [0.25, 0.3) is 0 Å². The Bertz CT molecular complexity index is 612. The zero-order valence-corrected chi connectivity index (χ0v) is 30.6. The van der Waals surface area contributed by atoms with E-state index in [1.165, 1.54) is 180 Å². The molecule has 0 aromatic heterocycles. The van der Waals surface area contributed by atoms with E-state index in [9.17, 15) is 14.7 Å². The number of hydrogen-bond donors (Lipinski definition) is 3. The molecule has 1 atom stereocenters.